The molecule has 1 fully saturated rings. The Morgan fingerprint density at radius 3 is 2.52 bits per heavy atom. The Morgan fingerprint density at radius 2 is 1.77 bits per heavy atom. The minimum Gasteiger partial charge on any atom is -0.336 e. The summed E-state index contributed by atoms with van der Waals surface area (Å²) in [6.07, 6.45) is 6.35. The summed E-state index contributed by atoms with van der Waals surface area (Å²) < 4.78 is 24.5. The molecule has 168 valence electrons. The molecular formula is C22H30N4O4S. The van der Waals surface area contributed by atoms with E-state index in [0.717, 1.165) is 37.9 Å². The average molecular weight is 447 g/mol. The Morgan fingerprint density at radius 1 is 1.03 bits per heavy atom. The quantitative estimate of drug-likeness (QED) is 0.703. The van der Waals surface area contributed by atoms with Gasteiger partial charge in [-0.2, -0.15) is 0 Å². The molecule has 2 aromatic rings. The number of aryl methyl sites for hydroxylation is 1. The molecule has 2 aliphatic rings. The van der Waals surface area contributed by atoms with Gasteiger partial charge in [0.05, 0.1) is 16.7 Å². The molecule has 0 aliphatic carbocycles. The fraction of sp³-hybridized carbons (Fsp3) is 0.591. The number of carbonyl (C=O) groups excluding carboxylic acids is 1. The molecule has 0 saturated carbocycles. The highest BCUT2D eigenvalue weighted by atomic mass is 32.2. The van der Waals surface area contributed by atoms with Gasteiger partial charge in [0.2, 0.25) is 0 Å². The summed E-state index contributed by atoms with van der Waals surface area (Å²) in [5.41, 5.74) is 1.12. The van der Waals surface area contributed by atoms with E-state index in [2.05, 4.69) is 4.90 Å². The lowest BCUT2D eigenvalue weighted by atomic mass is 10.1. The van der Waals surface area contributed by atoms with Crippen LogP contribution in [0.4, 0.5) is 0 Å². The molecule has 0 unspecified atom stereocenters. The van der Waals surface area contributed by atoms with Crippen molar-refractivity contribution >= 4 is 26.6 Å². The van der Waals surface area contributed by atoms with E-state index in [9.17, 15) is 18.0 Å². The molecule has 1 amide bonds. The molecule has 3 heterocycles. The maximum absolute atomic E-state index is 13.0. The number of rotatable bonds is 4. The number of aromatic nitrogens is 2. The average Bonchev–Trinajstić information content (AvgIpc) is 2.73. The highest BCUT2D eigenvalue weighted by Crippen LogP contribution is 2.18. The van der Waals surface area contributed by atoms with Crippen molar-refractivity contribution < 1.29 is 13.2 Å². The van der Waals surface area contributed by atoms with E-state index in [1.807, 2.05) is 0 Å². The molecule has 1 aromatic carbocycles. The van der Waals surface area contributed by atoms with Crippen molar-refractivity contribution in [1.82, 2.24) is 19.4 Å². The summed E-state index contributed by atoms with van der Waals surface area (Å²) in [4.78, 5) is 34.6. The molecule has 8 nitrogen and oxygen atoms in total. The Labute approximate surface area is 182 Å². The van der Waals surface area contributed by atoms with Gasteiger partial charge in [-0.15, -0.1) is 0 Å². The monoisotopic (exact) mass is 446 g/mol. The third-order valence-electron chi connectivity index (χ3n) is 6.25. The first-order valence-electron chi connectivity index (χ1n) is 11.0. The second-order valence-corrected chi connectivity index (χ2v) is 10.9. The van der Waals surface area contributed by atoms with Crippen molar-refractivity contribution in [2.45, 2.75) is 38.6 Å². The van der Waals surface area contributed by atoms with Crippen LogP contribution in [0.1, 0.15) is 41.9 Å². The Balaban J connectivity index is 1.50. The second kappa shape index (κ2) is 9.08. The van der Waals surface area contributed by atoms with Gasteiger partial charge in [-0.05, 0) is 31.0 Å². The highest BCUT2D eigenvalue weighted by Gasteiger charge is 2.23. The maximum Gasteiger partial charge on any atom is 0.261 e. The molecule has 0 bridgehead atoms. The smallest absolute Gasteiger partial charge is 0.261 e. The van der Waals surface area contributed by atoms with Crippen LogP contribution in [-0.4, -0.2) is 78.4 Å². The normalized spacial score (nSPS) is 18.4. The standard InChI is InChI=1S/C22H30N4O4S/c1-31(29,30)15-14-24-10-12-25(13-11-24)21(27)17-7-8-18-19(16-17)23-20-6-4-2-3-5-9-26(20)22(18)28/h7-8,16H,2-6,9-15H2,1H3. The molecule has 1 aromatic heterocycles. The molecular weight excluding hydrogens is 416 g/mol. The van der Waals surface area contributed by atoms with E-state index in [4.69, 9.17) is 4.98 Å². The lowest BCUT2D eigenvalue weighted by Gasteiger charge is -2.34. The molecule has 4 rings (SSSR count). The number of benzene rings is 1. The van der Waals surface area contributed by atoms with Crippen molar-refractivity contribution in [3.05, 3.63) is 39.9 Å². The summed E-state index contributed by atoms with van der Waals surface area (Å²) >= 11 is 0. The zero-order valence-corrected chi connectivity index (χ0v) is 18.9. The van der Waals surface area contributed by atoms with Gasteiger partial charge >= 0.3 is 0 Å². The highest BCUT2D eigenvalue weighted by molar-refractivity contribution is 7.90. The van der Waals surface area contributed by atoms with E-state index < -0.39 is 9.84 Å². The van der Waals surface area contributed by atoms with Crippen LogP contribution in [-0.2, 0) is 22.8 Å². The van der Waals surface area contributed by atoms with Crippen LogP contribution < -0.4 is 5.56 Å². The lowest BCUT2D eigenvalue weighted by Crippen LogP contribution is -2.49. The Bertz CT molecular complexity index is 1130. The predicted molar refractivity (Wildman–Crippen MR) is 120 cm³/mol. The van der Waals surface area contributed by atoms with E-state index in [1.165, 1.54) is 6.26 Å². The van der Waals surface area contributed by atoms with E-state index >= 15 is 0 Å². The predicted octanol–water partition coefficient (Wildman–Crippen LogP) is 1.32. The van der Waals surface area contributed by atoms with Gasteiger partial charge < -0.3 is 4.90 Å². The van der Waals surface area contributed by atoms with Crippen LogP contribution in [0.3, 0.4) is 0 Å². The lowest BCUT2D eigenvalue weighted by molar-refractivity contribution is 0.0644. The van der Waals surface area contributed by atoms with Gasteiger partial charge in [0.25, 0.3) is 11.5 Å². The summed E-state index contributed by atoms with van der Waals surface area (Å²) in [5, 5.41) is 0.562. The largest absolute Gasteiger partial charge is 0.336 e. The first-order valence-corrected chi connectivity index (χ1v) is 13.1. The molecule has 9 heteroatoms. The van der Waals surface area contributed by atoms with Crippen molar-refractivity contribution in [2.75, 3.05) is 44.7 Å². The number of hydrogen-bond donors (Lipinski definition) is 0. The fourth-order valence-electron chi connectivity index (χ4n) is 4.38. The van der Waals surface area contributed by atoms with Crippen molar-refractivity contribution in [2.24, 2.45) is 0 Å². The van der Waals surface area contributed by atoms with Crippen LogP contribution >= 0.6 is 0 Å². The zero-order chi connectivity index (χ0) is 22.0. The molecule has 31 heavy (non-hydrogen) atoms. The SMILES string of the molecule is CS(=O)(=O)CCN1CCN(C(=O)c2ccc3c(=O)n4c(nc3c2)CCCCCC4)CC1. The van der Waals surface area contributed by atoms with Crippen molar-refractivity contribution in [3.8, 4) is 0 Å². The fourth-order valence-corrected chi connectivity index (χ4v) is 4.97. The second-order valence-electron chi connectivity index (χ2n) is 8.64. The first kappa shape index (κ1) is 22.0. The third-order valence-corrected chi connectivity index (χ3v) is 7.18. The number of piperazine rings is 1. The summed E-state index contributed by atoms with van der Waals surface area (Å²) in [6.45, 7) is 3.63. The molecule has 0 atom stereocenters. The van der Waals surface area contributed by atoms with Gasteiger partial charge in [0, 0.05) is 57.5 Å². The van der Waals surface area contributed by atoms with Gasteiger partial charge in [-0.1, -0.05) is 12.8 Å². The number of hydrogen-bond acceptors (Lipinski definition) is 6. The van der Waals surface area contributed by atoms with Gasteiger partial charge in [0.15, 0.2) is 0 Å². The van der Waals surface area contributed by atoms with Crippen LogP contribution in [0.5, 0.6) is 0 Å². The minimum atomic E-state index is -2.99. The van der Waals surface area contributed by atoms with Crippen molar-refractivity contribution in [1.29, 1.82) is 0 Å². The molecule has 1 saturated heterocycles. The summed E-state index contributed by atoms with van der Waals surface area (Å²) in [6, 6.07) is 5.20. The molecule has 0 spiro atoms. The first-order chi connectivity index (χ1) is 14.8. The van der Waals surface area contributed by atoms with Crippen molar-refractivity contribution in [3.63, 3.8) is 0 Å². The maximum atomic E-state index is 13.0. The molecule has 0 N–H and O–H groups in total. The number of nitrogens with zero attached hydrogens (tertiary/aromatic N) is 4. The van der Waals surface area contributed by atoms with Crippen LogP contribution in [0.15, 0.2) is 23.0 Å². The Kier molecular flexibility index (Phi) is 6.43. The Hall–Kier alpha value is -2.26. The number of fused-ring (bicyclic) bond motifs is 2. The summed E-state index contributed by atoms with van der Waals surface area (Å²) in [7, 11) is -2.99. The number of carbonyl (C=O) groups is 1. The van der Waals surface area contributed by atoms with E-state index in [0.29, 0.717) is 55.7 Å². The van der Waals surface area contributed by atoms with Gasteiger partial charge in [0.1, 0.15) is 15.7 Å². The summed E-state index contributed by atoms with van der Waals surface area (Å²) in [5.74, 6) is 0.886. The number of amides is 1. The zero-order valence-electron chi connectivity index (χ0n) is 18.0. The van der Waals surface area contributed by atoms with Crippen LogP contribution in [0, 0.1) is 0 Å². The van der Waals surface area contributed by atoms with Gasteiger partial charge in [-0.3, -0.25) is 19.1 Å². The molecule has 0 radical (unpaired) electrons. The van der Waals surface area contributed by atoms with E-state index in [-0.39, 0.29) is 17.2 Å². The van der Waals surface area contributed by atoms with E-state index in [1.54, 1.807) is 27.7 Å². The minimum absolute atomic E-state index is 0.0135. The van der Waals surface area contributed by atoms with Gasteiger partial charge in [-0.25, -0.2) is 13.4 Å². The van der Waals surface area contributed by atoms with Crippen LogP contribution in [0.25, 0.3) is 10.9 Å². The number of sulfone groups is 1. The molecule has 2 aliphatic heterocycles. The van der Waals surface area contributed by atoms with Crippen LogP contribution in [0.2, 0.25) is 0 Å². The topological polar surface area (TPSA) is 92.6 Å². The third kappa shape index (κ3) is 5.15.